The Balaban J connectivity index is 1.61. The van der Waals surface area contributed by atoms with Gasteiger partial charge in [0.2, 0.25) is 0 Å². The number of benzene rings is 3. The molecule has 0 spiro atoms. The number of ether oxygens (including phenoxy) is 2. The number of aromatic nitrogens is 2. The zero-order valence-corrected chi connectivity index (χ0v) is 17.8. The number of nitrogens with zero attached hydrogens (tertiary/aromatic N) is 2. The first-order chi connectivity index (χ1) is 15.1. The maximum Gasteiger partial charge on any atom is 0.306 e. The maximum absolute atomic E-state index is 11.7. The maximum atomic E-state index is 11.7. The molecule has 5 heteroatoms. The lowest BCUT2D eigenvalue weighted by molar-refractivity contribution is -0.147. The molecule has 31 heavy (non-hydrogen) atoms. The van der Waals surface area contributed by atoms with Crippen LogP contribution in [0.5, 0.6) is 5.75 Å². The third kappa shape index (κ3) is 4.94. The van der Waals surface area contributed by atoms with Gasteiger partial charge in [0, 0.05) is 23.7 Å². The van der Waals surface area contributed by atoms with Crippen molar-refractivity contribution < 1.29 is 14.3 Å². The predicted molar refractivity (Wildman–Crippen MR) is 122 cm³/mol. The highest BCUT2D eigenvalue weighted by molar-refractivity contribution is 5.84. The number of hydrogen-bond donors (Lipinski definition) is 0. The zero-order chi connectivity index (χ0) is 21.6. The van der Waals surface area contributed by atoms with Crippen LogP contribution < -0.4 is 4.74 Å². The summed E-state index contributed by atoms with van der Waals surface area (Å²) in [5, 5.41) is 0. The first kappa shape index (κ1) is 20.7. The summed E-state index contributed by atoms with van der Waals surface area (Å²) in [5.41, 5.74) is 3.96. The SMILES string of the molecule is CC(C)OC(=O)CCCOc1ccc2nc(-c3ccccc3)n(-c3ccccc3)c2c1. The van der Waals surface area contributed by atoms with E-state index in [0.29, 0.717) is 19.4 Å². The molecule has 1 heterocycles. The smallest absolute Gasteiger partial charge is 0.306 e. The van der Waals surface area contributed by atoms with Gasteiger partial charge >= 0.3 is 5.97 Å². The Morgan fingerprint density at radius 1 is 0.968 bits per heavy atom. The quantitative estimate of drug-likeness (QED) is 0.270. The van der Waals surface area contributed by atoms with Crippen molar-refractivity contribution in [3.05, 3.63) is 78.9 Å². The van der Waals surface area contributed by atoms with Crippen molar-refractivity contribution in [3.8, 4) is 22.8 Å². The van der Waals surface area contributed by atoms with E-state index in [-0.39, 0.29) is 12.1 Å². The van der Waals surface area contributed by atoms with Crippen LogP contribution in [0.15, 0.2) is 78.9 Å². The van der Waals surface area contributed by atoms with E-state index in [1.807, 2.05) is 68.4 Å². The van der Waals surface area contributed by atoms with E-state index >= 15 is 0 Å². The van der Waals surface area contributed by atoms with Crippen LogP contribution in [-0.2, 0) is 9.53 Å². The molecule has 4 rings (SSSR count). The molecule has 0 unspecified atom stereocenters. The monoisotopic (exact) mass is 414 g/mol. The van der Waals surface area contributed by atoms with Crippen LogP contribution in [0.25, 0.3) is 28.1 Å². The van der Waals surface area contributed by atoms with Gasteiger partial charge in [0.1, 0.15) is 11.6 Å². The van der Waals surface area contributed by atoms with Gasteiger partial charge in [-0.05, 0) is 44.5 Å². The van der Waals surface area contributed by atoms with Crippen LogP contribution in [-0.4, -0.2) is 28.2 Å². The highest BCUT2D eigenvalue weighted by Gasteiger charge is 2.15. The van der Waals surface area contributed by atoms with E-state index in [1.54, 1.807) is 0 Å². The van der Waals surface area contributed by atoms with Crippen LogP contribution >= 0.6 is 0 Å². The van der Waals surface area contributed by atoms with Gasteiger partial charge in [-0.1, -0.05) is 48.5 Å². The summed E-state index contributed by atoms with van der Waals surface area (Å²) in [6, 6.07) is 26.3. The van der Waals surface area contributed by atoms with Gasteiger partial charge in [-0.15, -0.1) is 0 Å². The van der Waals surface area contributed by atoms with Gasteiger partial charge in [-0.25, -0.2) is 4.98 Å². The lowest BCUT2D eigenvalue weighted by atomic mass is 10.2. The number of para-hydroxylation sites is 1. The van der Waals surface area contributed by atoms with Crippen molar-refractivity contribution in [3.63, 3.8) is 0 Å². The Hall–Kier alpha value is -3.60. The lowest BCUT2D eigenvalue weighted by Gasteiger charge is -2.11. The van der Waals surface area contributed by atoms with Gasteiger partial charge in [0.15, 0.2) is 0 Å². The van der Waals surface area contributed by atoms with E-state index in [2.05, 4.69) is 28.8 Å². The molecule has 0 bridgehead atoms. The molecule has 0 fully saturated rings. The minimum atomic E-state index is -0.191. The van der Waals surface area contributed by atoms with Crippen LogP contribution in [0.4, 0.5) is 0 Å². The van der Waals surface area contributed by atoms with E-state index in [1.165, 1.54) is 0 Å². The molecule has 0 aliphatic carbocycles. The Bertz CT molecular complexity index is 1150. The number of hydrogen-bond acceptors (Lipinski definition) is 4. The first-order valence-electron chi connectivity index (χ1n) is 10.6. The van der Waals surface area contributed by atoms with Crippen molar-refractivity contribution in [2.24, 2.45) is 0 Å². The predicted octanol–water partition coefficient (Wildman–Crippen LogP) is 5.80. The van der Waals surface area contributed by atoms with E-state index in [0.717, 1.165) is 33.9 Å². The van der Waals surface area contributed by atoms with Crippen LogP contribution in [0.3, 0.4) is 0 Å². The van der Waals surface area contributed by atoms with Gasteiger partial charge in [-0.3, -0.25) is 9.36 Å². The summed E-state index contributed by atoms with van der Waals surface area (Å²) >= 11 is 0. The number of carbonyl (C=O) groups excluding carboxylic acids is 1. The number of fused-ring (bicyclic) bond motifs is 1. The van der Waals surface area contributed by atoms with E-state index in [4.69, 9.17) is 14.5 Å². The summed E-state index contributed by atoms with van der Waals surface area (Å²) in [6.07, 6.45) is 0.866. The Kier molecular flexibility index (Phi) is 6.32. The average Bonchev–Trinajstić information content (AvgIpc) is 3.16. The Labute approximate surface area is 182 Å². The molecule has 0 amide bonds. The van der Waals surface area contributed by atoms with Gasteiger partial charge < -0.3 is 9.47 Å². The molecule has 3 aromatic carbocycles. The number of carbonyl (C=O) groups is 1. The first-order valence-corrected chi connectivity index (χ1v) is 10.6. The van der Waals surface area contributed by atoms with Gasteiger partial charge in [0.05, 0.1) is 23.7 Å². The second-order valence-corrected chi connectivity index (χ2v) is 7.61. The molecule has 4 aromatic rings. The number of imidazole rings is 1. The van der Waals surface area contributed by atoms with Crippen molar-refractivity contribution in [1.82, 2.24) is 9.55 Å². The molecular formula is C26H26N2O3. The molecule has 158 valence electrons. The molecule has 1 aromatic heterocycles. The minimum absolute atomic E-state index is 0.0899. The summed E-state index contributed by atoms with van der Waals surface area (Å²) in [6.45, 7) is 4.15. The van der Waals surface area contributed by atoms with Crippen molar-refractivity contribution in [2.45, 2.75) is 32.8 Å². The van der Waals surface area contributed by atoms with Gasteiger partial charge in [-0.2, -0.15) is 0 Å². The minimum Gasteiger partial charge on any atom is -0.494 e. The molecule has 0 saturated heterocycles. The summed E-state index contributed by atoms with van der Waals surface area (Å²) in [4.78, 5) is 16.6. The standard InChI is InChI=1S/C26H26N2O3/c1-19(2)31-25(29)14-9-17-30-22-15-16-23-24(18-22)28(21-12-7-4-8-13-21)26(27-23)20-10-5-3-6-11-20/h3-8,10-13,15-16,18-19H,9,14,17H2,1-2H3. The fourth-order valence-electron chi connectivity index (χ4n) is 3.49. The van der Waals surface area contributed by atoms with E-state index < -0.39 is 0 Å². The summed E-state index contributed by atoms with van der Waals surface area (Å²) in [5.74, 6) is 1.44. The number of rotatable bonds is 8. The van der Waals surface area contributed by atoms with Gasteiger partial charge in [0.25, 0.3) is 0 Å². The third-order valence-corrected chi connectivity index (χ3v) is 4.83. The van der Waals surface area contributed by atoms with Crippen LogP contribution in [0.1, 0.15) is 26.7 Å². The number of esters is 1. The second kappa shape index (κ2) is 9.47. The van der Waals surface area contributed by atoms with Crippen molar-refractivity contribution >= 4 is 17.0 Å². The highest BCUT2D eigenvalue weighted by Crippen LogP contribution is 2.30. The topological polar surface area (TPSA) is 53.4 Å². The Morgan fingerprint density at radius 2 is 1.68 bits per heavy atom. The second-order valence-electron chi connectivity index (χ2n) is 7.61. The van der Waals surface area contributed by atoms with Crippen molar-refractivity contribution in [2.75, 3.05) is 6.61 Å². The molecule has 0 N–H and O–H groups in total. The fraction of sp³-hybridized carbons (Fsp3) is 0.231. The molecule has 5 nitrogen and oxygen atoms in total. The molecule has 0 atom stereocenters. The lowest BCUT2D eigenvalue weighted by Crippen LogP contribution is -2.12. The largest absolute Gasteiger partial charge is 0.494 e. The molecule has 0 aliphatic heterocycles. The van der Waals surface area contributed by atoms with Crippen molar-refractivity contribution in [1.29, 1.82) is 0 Å². The van der Waals surface area contributed by atoms with Crippen LogP contribution in [0.2, 0.25) is 0 Å². The molecular weight excluding hydrogens is 388 g/mol. The third-order valence-electron chi connectivity index (χ3n) is 4.83. The average molecular weight is 415 g/mol. The fourth-order valence-corrected chi connectivity index (χ4v) is 3.49. The summed E-state index contributed by atoms with van der Waals surface area (Å²) in [7, 11) is 0. The summed E-state index contributed by atoms with van der Waals surface area (Å²) < 4.78 is 13.2. The zero-order valence-electron chi connectivity index (χ0n) is 17.8. The van der Waals surface area contributed by atoms with E-state index in [9.17, 15) is 4.79 Å². The molecule has 0 saturated carbocycles. The van der Waals surface area contributed by atoms with Crippen LogP contribution in [0, 0.1) is 0 Å². The Morgan fingerprint density at radius 3 is 2.39 bits per heavy atom. The highest BCUT2D eigenvalue weighted by atomic mass is 16.5. The normalized spacial score (nSPS) is 11.1. The molecule has 0 radical (unpaired) electrons. The molecule has 0 aliphatic rings.